The molecular formula is C12H23NO4S. The van der Waals surface area contributed by atoms with E-state index in [4.69, 9.17) is 0 Å². The fourth-order valence-electron chi connectivity index (χ4n) is 2.91. The van der Waals surface area contributed by atoms with Crippen LogP contribution in [-0.4, -0.2) is 54.4 Å². The maximum atomic E-state index is 11.4. The number of hydrogen-bond donors (Lipinski definition) is 3. The van der Waals surface area contributed by atoms with Crippen LogP contribution in [0.5, 0.6) is 0 Å². The highest BCUT2D eigenvalue weighted by molar-refractivity contribution is 7.91. The molecule has 1 saturated heterocycles. The zero-order chi connectivity index (χ0) is 13.2. The van der Waals surface area contributed by atoms with Crippen molar-refractivity contribution < 1.29 is 18.6 Å². The van der Waals surface area contributed by atoms with E-state index in [2.05, 4.69) is 5.32 Å². The zero-order valence-electron chi connectivity index (χ0n) is 10.6. The van der Waals surface area contributed by atoms with E-state index in [0.717, 1.165) is 38.5 Å². The van der Waals surface area contributed by atoms with Crippen molar-refractivity contribution >= 4 is 9.84 Å². The van der Waals surface area contributed by atoms with Crippen molar-refractivity contribution in [3.8, 4) is 0 Å². The van der Waals surface area contributed by atoms with Gasteiger partial charge in [0, 0.05) is 12.6 Å². The number of sulfone groups is 1. The Balaban J connectivity index is 1.87. The number of hydrogen-bond acceptors (Lipinski definition) is 5. The topological polar surface area (TPSA) is 86.6 Å². The lowest BCUT2D eigenvalue weighted by Gasteiger charge is -2.29. The minimum Gasteiger partial charge on any atom is -0.390 e. The maximum Gasteiger partial charge on any atom is 0.154 e. The van der Waals surface area contributed by atoms with Crippen LogP contribution in [0.25, 0.3) is 0 Å². The third-order valence-corrected chi connectivity index (χ3v) is 5.77. The molecule has 1 aliphatic heterocycles. The zero-order valence-corrected chi connectivity index (χ0v) is 11.5. The van der Waals surface area contributed by atoms with Crippen LogP contribution in [0.1, 0.15) is 38.5 Å². The number of rotatable bonds is 3. The second-order valence-corrected chi connectivity index (χ2v) is 7.92. The summed E-state index contributed by atoms with van der Waals surface area (Å²) in [5.74, 6) is -0.187. The van der Waals surface area contributed by atoms with Crippen molar-refractivity contribution in [3.05, 3.63) is 0 Å². The van der Waals surface area contributed by atoms with Crippen LogP contribution < -0.4 is 5.32 Å². The quantitative estimate of drug-likeness (QED) is 0.623. The van der Waals surface area contributed by atoms with Crippen LogP contribution >= 0.6 is 0 Å². The first kappa shape index (κ1) is 14.2. The number of nitrogens with one attached hydrogen (secondary N) is 1. The number of aliphatic hydroxyl groups is 2. The molecule has 2 fully saturated rings. The third kappa shape index (κ3) is 3.66. The van der Waals surface area contributed by atoms with Gasteiger partial charge in [-0.15, -0.1) is 0 Å². The summed E-state index contributed by atoms with van der Waals surface area (Å²) in [6.07, 6.45) is 5.02. The summed E-state index contributed by atoms with van der Waals surface area (Å²) >= 11 is 0. The standard InChI is InChI=1S/C12H23NO4S/c14-11-8-18(16,17)7-10(11)13-9-12(15)5-3-1-2-4-6-12/h10-11,13-15H,1-9H2. The lowest BCUT2D eigenvalue weighted by molar-refractivity contribution is 0.0191. The van der Waals surface area contributed by atoms with E-state index in [1.165, 1.54) is 0 Å². The summed E-state index contributed by atoms with van der Waals surface area (Å²) < 4.78 is 22.7. The summed E-state index contributed by atoms with van der Waals surface area (Å²) in [4.78, 5) is 0. The molecule has 2 rings (SSSR count). The molecule has 0 aromatic carbocycles. The van der Waals surface area contributed by atoms with Crippen molar-refractivity contribution in [3.63, 3.8) is 0 Å². The van der Waals surface area contributed by atoms with E-state index in [0.29, 0.717) is 6.54 Å². The first-order chi connectivity index (χ1) is 8.40. The van der Waals surface area contributed by atoms with Crippen LogP contribution in [-0.2, 0) is 9.84 Å². The Morgan fingerprint density at radius 3 is 2.22 bits per heavy atom. The van der Waals surface area contributed by atoms with Crippen molar-refractivity contribution in [2.75, 3.05) is 18.1 Å². The van der Waals surface area contributed by atoms with E-state index in [-0.39, 0.29) is 11.5 Å². The Labute approximate surface area is 109 Å². The molecule has 1 aliphatic carbocycles. The molecule has 2 aliphatic rings. The van der Waals surface area contributed by atoms with Crippen LogP contribution in [0, 0.1) is 0 Å². The summed E-state index contributed by atoms with van der Waals surface area (Å²) in [7, 11) is -3.12. The SMILES string of the molecule is O=S1(=O)CC(O)C(NCC2(O)CCCCCC2)C1. The second-order valence-electron chi connectivity index (χ2n) is 5.77. The van der Waals surface area contributed by atoms with E-state index < -0.39 is 27.6 Å². The van der Waals surface area contributed by atoms with E-state index in [9.17, 15) is 18.6 Å². The monoisotopic (exact) mass is 277 g/mol. The molecule has 0 aromatic rings. The van der Waals surface area contributed by atoms with Crippen molar-refractivity contribution in [2.45, 2.75) is 56.3 Å². The molecule has 18 heavy (non-hydrogen) atoms. The van der Waals surface area contributed by atoms with Crippen LogP contribution in [0.3, 0.4) is 0 Å². The summed E-state index contributed by atoms with van der Waals surface area (Å²) in [6, 6.07) is -0.428. The highest BCUT2D eigenvalue weighted by atomic mass is 32.2. The molecule has 0 amide bonds. The van der Waals surface area contributed by atoms with Crippen molar-refractivity contribution in [2.24, 2.45) is 0 Å². The Kier molecular flexibility index (Phi) is 4.31. The predicted octanol–water partition coefficient (Wildman–Crippen LogP) is -0.181. The Morgan fingerprint density at radius 1 is 1.11 bits per heavy atom. The normalized spacial score (nSPS) is 35.2. The highest BCUT2D eigenvalue weighted by Crippen LogP contribution is 2.26. The second kappa shape index (κ2) is 5.45. The Morgan fingerprint density at radius 2 is 1.72 bits per heavy atom. The van der Waals surface area contributed by atoms with Crippen molar-refractivity contribution in [1.82, 2.24) is 5.32 Å². The van der Waals surface area contributed by atoms with Gasteiger partial charge in [-0.1, -0.05) is 25.7 Å². The Hall–Kier alpha value is -0.170. The number of aliphatic hydroxyl groups excluding tert-OH is 1. The molecule has 0 radical (unpaired) electrons. The fourth-order valence-corrected chi connectivity index (χ4v) is 4.68. The average Bonchev–Trinajstić information content (AvgIpc) is 2.46. The minimum absolute atomic E-state index is 0.0236. The molecule has 2 atom stereocenters. The van der Waals surface area contributed by atoms with E-state index in [1.54, 1.807) is 0 Å². The molecule has 5 nitrogen and oxygen atoms in total. The molecule has 106 valence electrons. The fraction of sp³-hybridized carbons (Fsp3) is 1.00. The smallest absolute Gasteiger partial charge is 0.154 e. The first-order valence-electron chi connectivity index (χ1n) is 6.75. The van der Waals surface area contributed by atoms with Crippen LogP contribution in [0.2, 0.25) is 0 Å². The molecule has 2 unspecified atom stereocenters. The lowest BCUT2D eigenvalue weighted by atomic mass is 9.94. The Bertz CT molecular complexity index is 374. The molecule has 0 aromatic heterocycles. The summed E-state index contributed by atoms with van der Waals surface area (Å²) in [5.41, 5.74) is -0.734. The van der Waals surface area contributed by atoms with Gasteiger partial charge in [-0.3, -0.25) is 0 Å². The molecule has 3 N–H and O–H groups in total. The van der Waals surface area contributed by atoms with Crippen molar-refractivity contribution in [1.29, 1.82) is 0 Å². The largest absolute Gasteiger partial charge is 0.390 e. The molecule has 0 bridgehead atoms. The average molecular weight is 277 g/mol. The molecule has 6 heteroatoms. The summed E-state index contributed by atoms with van der Waals surface area (Å²) in [5, 5.41) is 23.2. The molecule has 1 heterocycles. The van der Waals surface area contributed by atoms with Gasteiger partial charge in [0.1, 0.15) is 0 Å². The maximum absolute atomic E-state index is 11.4. The molecule has 0 spiro atoms. The lowest BCUT2D eigenvalue weighted by Crippen LogP contribution is -2.48. The van der Waals surface area contributed by atoms with Gasteiger partial charge in [-0.05, 0) is 12.8 Å². The minimum atomic E-state index is -3.12. The van der Waals surface area contributed by atoms with Gasteiger partial charge in [0.2, 0.25) is 0 Å². The van der Waals surface area contributed by atoms with Gasteiger partial charge in [0.25, 0.3) is 0 Å². The van der Waals surface area contributed by atoms with Gasteiger partial charge in [-0.25, -0.2) is 8.42 Å². The first-order valence-corrected chi connectivity index (χ1v) is 8.57. The van der Waals surface area contributed by atoms with E-state index in [1.807, 2.05) is 0 Å². The van der Waals surface area contributed by atoms with Crippen LogP contribution in [0.15, 0.2) is 0 Å². The molecular weight excluding hydrogens is 254 g/mol. The van der Waals surface area contributed by atoms with Gasteiger partial charge in [0.05, 0.1) is 23.2 Å². The highest BCUT2D eigenvalue weighted by Gasteiger charge is 2.38. The van der Waals surface area contributed by atoms with Gasteiger partial charge in [0.15, 0.2) is 9.84 Å². The van der Waals surface area contributed by atoms with Crippen LogP contribution in [0.4, 0.5) is 0 Å². The predicted molar refractivity (Wildman–Crippen MR) is 69.1 cm³/mol. The summed E-state index contributed by atoms with van der Waals surface area (Å²) in [6.45, 7) is 0.379. The van der Waals surface area contributed by atoms with Gasteiger partial charge >= 0.3 is 0 Å². The van der Waals surface area contributed by atoms with Gasteiger partial charge in [-0.2, -0.15) is 0 Å². The van der Waals surface area contributed by atoms with Gasteiger partial charge < -0.3 is 15.5 Å². The third-order valence-electron chi connectivity index (χ3n) is 4.05. The van der Waals surface area contributed by atoms with E-state index >= 15 is 0 Å². The molecule has 1 saturated carbocycles.